The van der Waals surface area contributed by atoms with Gasteiger partial charge in [0.2, 0.25) is 0 Å². The minimum atomic E-state index is -3.10. The second-order valence-electron chi connectivity index (χ2n) is 5.43. The highest BCUT2D eigenvalue weighted by molar-refractivity contribution is 7.91. The van der Waals surface area contributed by atoms with Crippen LogP contribution in [0.4, 0.5) is 5.69 Å². The SMILES string of the molecule is CCS(=O)(=O)c1ccc(N2CCCC(CCN)C2)cc1. The Morgan fingerprint density at radius 2 is 2.00 bits per heavy atom. The van der Waals surface area contributed by atoms with Gasteiger partial charge in [0.1, 0.15) is 0 Å². The van der Waals surface area contributed by atoms with Crippen molar-refractivity contribution in [3.63, 3.8) is 0 Å². The summed E-state index contributed by atoms with van der Waals surface area (Å²) in [4.78, 5) is 2.76. The number of piperidine rings is 1. The third kappa shape index (κ3) is 3.52. The molecule has 1 atom stereocenters. The second kappa shape index (κ2) is 6.59. The zero-order chi connectivity index (χ0) is 14.6. The van der Waals surface area contributed by atoms with E-state index in [0.29, 0.717) is 10.8 Å². The van der Waals surface area contributed by atoms with Crippen LogP contribution in [0.15, 0.2) is 29.2 Å². The third-order valence-corrected chi connectivity index (χ3v) is 5.79. The van der Waals surface area contributed by atoms with E-state index >= 15 is 0 Å². The van der Waals surface area contributed by atoms with Crippen molar-refractivity contribution in [3.05, 3.63) is 24.3 Å². The molecule has 0 spiro atoms. The molecule has 2 N–H and O–H groups in total. The summed E-state index contributed by atoms with van der Waals surface area (Å²) < 4.78 is 23.6. The van der Waals surface area contributed by atoms with Crippen LogP contribution in [0, 0.1) is 5.92 Å². The molecule has 1 aromatic carbocycles. The molecule has 0 saturated carbocycles. The molecule has 0 radical (unpaired) electrons. The summed E-state index contributed by atoms with van der Waals surface area (Å²) in [5.41, 5.74) is 6.75. The number of sulfone groups is 1. The monoisotopic (exact) mass is 296 g/mol. The number of benzene rings is 1. The van der Waals surface area contributed by atoms with Crippen LogP contribution in [-0.2, 0) is 9.84 Å². The van der Waals surface area contributed by atoms with Gasteiger partial charge in [-0.05, 0) is 56.0 Å². The summed E-state index contributed by atoms with van der Waals surface area (Å²) in [5, 5.41) is 0. The molecule has 1 heterocycles. The molecule has 1 saturated heterocycles. The summed E-state index contributed by atoms with van der Waals surface area (Å²) in [5.74, 6) is 0.807. The molecular formula is C15H24N2O2S. The Balaban J connectivity index is 2.10. The normalized spacial score (nSPS) is 20.1. The van der Waals surface area contributed by atoms with Gasteiger partial charge in [0.05, 0.1) is 10.6 Å². The Morgan fingerprint density at radius 1 is 1.30 bits per heavy atom. The average molecular weight is 296 g/mol. The summed E-state index contributed by atoms with van der Waals surface area (Å²) in [6, 6.07) is 7.29. The highest BCUT2D eigenvalue weighted by atomic mass is 32.2. The van der Waals surface area contributed by atoms with Crippen molar-refractivity contribution in [1.29, 1.82) is 0 Å². The van der Waals surface area contributed by atoms with Gasteiger partial charge in [-0.1, -0.05) is 6.92 Å². The summed E-state index contributed by atoms with van der Waals surface area (Å²) in [6.07, 6.45) is 3.49. The maximum absolute atomic E-state index is 11.8. The molecule has 0 aliphatic carbocycles. The molecular weight excluding hydrogens is 272 g/mol. The van der Waals surface area contributed by atoms with Crippen molar-refractivity contribution < 1.29 is 8.42 Å². The van der Waals surface area contributed by atoms with Crippen molar-refractivity contribution in [2.75, 3.05) is 30.3 Å². The van der Waals surface area contributed by atoms with Crippen molar-refractivity contribution >= 4 is 15.5 Å². The van der Waals surface area contributed by atoms with E-state index in [9.17, 15) is 8.42 Å². The standard InChI is InChI=1S/C15H24N2O2S/c1-2-20(18,19)15-7-5-14(6-8-15)17-11-3-4-13(12-17)9-10-16/h5-8,13H,2-4,9-12,16H2,1H3. The Morgan fingerprint density at radius 3 is 2.60 bits per heavy atom. The van der Waals surface area contributed by atoms with Gasteiger partial charge in [-0.2, -0.15) is 0 Å². The predicted octanol–water partition coefficient (Wildman–Crippen LogP) is 2.05. The highest BCUT2D eigenvalue weighted by Crippen LogP contribution is 2.25. The molecule has 4 nitrogen and oxygen atoms in total. The quantitative estimate of drug-likeness (QED) is 0.903. The average Bonchev–Trinajstić information content (AvgIpc) is 2.48. The number of hydrogen-bond acceptors (Lipinski definition) is 4. The van der Waals surface area contributed by atoms with Gasteiger partial charge < -0.3 is 10.6 Å². The lowest BCUT2D eigenvalue weighted by atomic mass is 9.94. The lowest BCUT2D eigenvalue weighted by Crippen LogP contribution is -2.36. The summed E-state index contributed by atoms with van der Waals surface area (Å²) >= 11 is 0. The fourth-order valence-electron chi connectivity index (χ4n) is 2.80. The van der Waals surface area contributed by atoms with Crippen molar-refractivity contribution in [2.45, 2.75) is 31.1 Å². The van der Waals surface area contributed by atoms with Crippen LogP contribution in [-0.4, -0.2) is 33.8 Å². The zero-order valence-electron chi connectivity index (χ0n) is 12.1. The van der Waals surface area contributed by atoms with Gasteiger partial charge >= 0.3 is 0 Å². The molecule has 1 unspecified atom stereocenters. The van der Waals surface area contributed by atoms with E-state index in [1.54, 1.807) is 19.1 Å². The molecule has 0 bridgehead atoms. The van der Waals surface area contributed by atoms with Crippen LogP contribution in [0.25, 0.3) is 0 Å². The van der Waals surface area contributed by atoms with E-state index in [1.165, 1.54) is 12.8 Å². The first-order valence-electron chi connectivity index (χ1n) is 7.34. The van der Waals surface area contributed by atoms with Gasteiger partial charge in [0.15, 0.2) is 9.84 Å². The van der Waals surface area contributed by atoms with Crippen molar-refractivity contribution in [1.82, 2.24) is 0 Å². The largest absolute Gasteiger partial charge is 0.371 e. The minimum Gasteiger partial charge on any atom is -0.371 e. The fraction of sp³-hybridized carbons (Fsp3) is 0.600. The number of nitrogens with zero attached hydrogens (tertiary/aromatic N) is 1. The lowest BCUT2D eigenvalue weighted by molar-refractivity contribution is 0.396. The van der Waals surface area contributed by atoms with Crippen LogP contribution in [0.1, 0.15) is 26.2 Å². The molecule has 1 aromatic rings. The Bertz CT molecular complexity index is 523. The van der Waals surface area contributed by atoms with Gasteiger partial charge in [0, 0.05) is 18.8 Å². The number of nitrogens with two attached hydrogens (primary N) is 1. The predicted molar refractivity (Wildman–Crippen MR) is 82.8 cm³/mol. The maximum Gasteiger partial charge on any atom is 0.178 e. The van der Waals surface area contributed by atoms with E-state index in [2.05, 4.69) is 4.90 Å². The maximum atomic E-state index is 11.8. The molecule has 1 aliphatic heterocycles. The first kappa shape index (κ1) is 15.3. The first-order valence-corrected chi connectivity index (χ1v) is 9.00. The topological polar surface area (TPSA) is 63.4 Å². The molecule has 112 valence electrons. The van der Waals surface area contributed by atoms with Crippen LogP contribution in [0.3, 0.4) is 0 Å². The zero-order valence-corrected chi connectivity index (χ0v) is 12.9. The fourth-order valence-corrected chi connectivity index (χ4v) is 3.69. The molecule has 5 heteroatoms. The molecule has 0 amide bonds. The molecule has 0 aromatic heterocycles. The van der Waals surface area contributed by atoms with Gasteiger partial charge in [-0.15, -0.1) is 0 Å². The number of anilines is 1. The van der Waals surface area contributed by atoms with Crippen molar-refractivity contribution in [2.24, 2.45) is 11.7 Å². The Hall–Kier alpha value is -1.07. The van der Waals surface area contributed by atoms with Crippen molar-refractivity contribution in [3.8, 4) is 0 Å². The van der Waals surface area contributed by atoms with Gasteiger partial charge in [0.25, 0.3) is 0 Å². The second-order valence-corrected chi connectivity index (χ2v) is 7.71. The molecule has 1 fully saturated rings. The molecule has 2 rings (SSSR count). The van der Waals surface area contributed by atoms with Gasteiger partial charge in [-0.3, -0.25) is 0 Å². The minimum absolute atomic E-state index is 0.147. The Labute approximate surface area is 121 Å². The van der Waals surface area contributed by atoms with Gasteiger partial charge in [-0.25, -0.2) is 8.42 Å². The smallest absolute Gasteiger partial charge is 0.178 e. The molecule has 1 aliphatic rings. The Kier molecular flexibility index (Phi) is 5.05. The summed E-state index contributed by atoms with van der Waals surface area (Å²) in [6.45, 7) is 4.48. The lowest BCUT2D eigenvalue weighted by Gasteiger charge is -2.34. The van der Waals surface area contributed by atoms with Crippen LogP contribution in [0.2, 0.25) is 0 Å². The van der Waals surface area contributed by atoms with E-state index in [-0.39, 0.29) is 5.75 Å². The number of rotatable bonds is 5. The van der Waals surface area contributed by atoms with Crippen LogP contribution < -0.4 is 10.6 Å². The van der Waals surface area contributed by atoms with E-state index in [1.807, 2.05) is 12.1 Å². The highest BCUT2D eigenvalue weighted by Gasteiger charge is 2.20. The van der Waals surface area contributed by atoms with Crippen LogP contribution >= 0.6 is 0 Å². The van der Waals surface area contributed by atoms with E-state index < -0.39 is 9.84 Å². The van der Waals surface area contributed by atoms with Crippen LogP contribution in [0.5, 0.6) is 0 Å². The third-order valence-electron chi connectivity index (χ3n) is 4.03. The number of hydrogen-bond donors (Lipinski definition) is 1. The molecule has 20 heavy (non-hydrogen) atoms. The van der Waals surface area contributed by atoms with E-state index in [0.717, 1.165) is 31.7 Å². The summed E-state index contributed by atoms with van der Waals surface area (Å²) in [7, 11) is -3.10. The van der Waals surface area contributed by atoms with E-state index in [4.69, 9.17) is 5.73 Å². The first-order chi connectivity index (χ1) is 9.56.